The van der Waals surface area contributed by atoms with E-state index in [0.29, 0.717) is 12.1 Å². The number of carbonyl (C=O) groups excluding carboxylic acids is 1. The Morgan fingerprint density at radius 2 is 1.88 bits per heavy atom. The third kappa shape index (κ3) is 10.6. The molecule has 2 nitrogen and oxygen atoms in total. The SMILES string of the molecule is CC(=O)Cc1cccc(N)c1.CC(F)(F)F. The highest BCUT2D eigenvalue weighted by Crippen LogP contribution is 2.10. The molecule has 0 amide bonds. The molecule has 0 aromatic heterocycles. The second kappa shape index (κ2) is 6.15. The molecule has 5 heteroatoms. The summed E-state index contributed by atoms with van der Waals surface area (Å²) in [6.07, 6.45) is -3.52. The first-order valence-electron chi connectivity index (χ1n) is 4.59. The Kier molecular flexibility index (Phi) is 5.56. The van der Waals surface area contributed by atoms with E-state index >= 15 is 0 Å². The van der Waals surface area contributed by atoms with Gasteiger partial charge in [-0.25, -0.2) is 0 Å². The number of rotatable bonds is 2. The summed E-state index contributed by atoms with van der Waals surface area (Å²) in [7, 11) is 0. The number of alkyl halides is 3. The summed E-state index contributed by atoms with van der Waals surface area (Å²) in [5, 5.41) is 0. The minimum Gasteiger partial charge on any atom is -0.399 e. The van der Waals surface area contributed by atoms with E-state index in [1.54, 1.807) is 6.92 Å². The Hall–Kier alpha value is -1.52. The van der Waals surface area contributed by atoms with E-state index in [1.807, 2.05) is 24.3 Å². The van der Waals surface area contributed by atoms with Crippen LogP contribution in [0.5, 0.6) is 0 Å². The van der Waals surface area contributed by atoms with Gasteiger partial charge in [-0.1, -0.05) is 12.1 Å². The van der Waals surface area contributed by atoms with Crippen molar-refractivity contribution in [2.24, 2.45) is 0 Å². The Morgan fingerprint density at radius 3 is 2.25 bits per heavy atom. The lowest BCUT2D eigenvalue weighted by Crippen LogP contribution is -1.96. The molecule has 0 saturated heterocycles. The van der Waals surface area contributed by atoms with Crippen LogP contribution in [0.4, 0.5) is 18.9 Å². The fourth-order valence-electron chi connectivity index (χ4n) is 0.991. The van der Waals surface area contributed by atoms with Crippen molar-refractivity contribution in [3.63, 3.8) is 0 Å². The summed E-state index contributed by atoms with van der Waals surface area (Å²) >= 11 is 0. The number of anilines is 1. The van der Waals surface area contributed by atoms with E-state index in [2.05, 4.69) is 0 Å². The van der Waals surface area contributed by atoms with Gasteiger partial charge in [0.15, 0.2) is 0 Å². The van der Waals surface area contributed by atoms with Gasteiger partial charge in [-0.15, -0.1) is 0 Å². The summed E-state index contributed by atoms with van der Waals surface area (Å²) in [6.45, 7) is 1.76. The Labute approximate surface area is 92.3 Å². The van der Waals surface area contributed by atoms with Gasteiger partial charge in [0, 0.05) is 19.0 Å². The number of halogens is 3. The van der Waals surface area contributed by atoms with Crippen molar-refractivity contribution >= 4 is 11.5 Å². The van der Waals surface area contributed by atoms with Gasteiger partial charge >= 0.3 is 6.18 Å². The van der Waals surface area contributed by atoms with Crippen molar-refractivity contribution in [3.05, 3.63) is 29.8 Å². The second-order valence-electron chi connectivity index (χ2n) is 3.41. The van der Waals surface area contributed by atoms with Gasteiger partial charge in [-0.3, -0.25) is 4.79 Å². The minimum absolute atomic E-state index is 0.163. The van der Waals surface area contributed by atoms with Gasteiger partial charge in [0.25, 0.3) is 0 Å². The zero-order chi connectivity index (χ0) is 12.8. The lowest BCUT2D eigenvalue weighted by molar-refractivity contribution is -0.116. The van der Waals surface area contributed by atoms with Crippen molar-refractivity contribution < 1.29 is 18.0 Å². The molecule has 2 N–H and O–H groups in total. The number of Topliss-reactive ketones (excluding diaryl/α,β-unsaturated/α-hetero) is 1. The highest BCUT2D eigenvalue weighted by molar-refractivity contribution is 5.78. The molecule has 16 heavy (non-hydrogen) atoms. The molecule has 0 unspecified atom stereocenters. The molecule has 0 radical (unpaired) electrons. The van der Waals surface area contributed by atoms with Crippen molar-refractivity contribution in [1.29, 1.82) is 0 Å². The third-order valence-corrected chi connectivity index (χ3v) is 1.40. The molecule has 0 saturated carbocycles. The normalized spacial score (nSPS) is 10.3. The summed E-state index contributed by atoms with van der Waals surface area (Å²) in [6, 6.07) is 7.39. The van der Waals surface area contributed by atoms with Gasteiger partial charge in [-0.05, 0) is 24.6 Å². The number of nitrogen functional groups attached to an aromatic ring is 1. The molecule has 1 aromatic carbocycles. The monoisotopic (exact) mass is 233 g/mol. The van der Waals surface area contributed by atoms with Crippen LogP contribution in [-0.2, 0) is 11.2 Å². The molecule has 0 spiro atoms. The number of hydrogen-bond donors (Lipinski definition) is 1. The Bertz CT molecular complexity index is 341. The van der Waals surface area contributed by atoms with Crippen LogP contribution >= 0.6 is 0 Å². The second-order valence-corrected chi connectivity index (χ2v) is 3.41. The molecule has 0 heterocycles. The summed E-state index contributed by atoms with van der Waals surface area (Å²) in [4.78, 5) is 10.7. The predicted molar refractivity (Wildman–Crippen MR) is 57.0 cm³/mol. The quantitative estimate of drug-likeness (QED) is 0.798. The zero-order valence-electron chi connectivity index (χ0n) is 9.14. The number of carbonyl (C=O) groups is 1. The van der Waals surface area contributed by atoms with Gasteiger partial charge < -0.3 is 5.73 Å². The van der Waals surface area contributed by atoms with Crippen LogP contribution in [0, 0.1) is 0 Å². The van der Waals surface area contributed by atoms with Crippen LogP contribution in [0.2, 0.25) is 0 Å². The smallest absolute Gasteiger partial charge is 0.386 e. The largest absolute Gasteiger partial charge is 0.399 e. The molecular weight excluding hydrogens is 219 g/mol. The van der Waals surface area contributed by atoms with Gasteiger partial charge in [0.05, 0.1) is 0 Å². The fourth-order valence-corrected chi connectivity index (χ4v) is 0.991. The highest BCUT2D eigenvalue weighted by Gasteiger charge is 2.15. The van der Waals surface area contributed by atoms with E-state index in [9.17, 15) is 18.0 Å². The highest BCUT2D eigenvalue weighted by atomic mass is 19.4. The summed E-state index contributed by atoms with van der Waals surface area (Å²) < 4.78 is 31.1. The lowest BCUT2D eigenvalue weighted by Gasteiger charge is -1.97. The maximum absolute atomic E-state index is 10.7. The van der Waals surface area contributed by atoms with Crippen LogP contribution in [0.1, 0.15) is 19.4 Å². The van der Waals surface area contributed by atoms with Crippen LogP contribution < -0.4 is 5.73 Å². The maximum atomic E-state index is 10.7. The molecule has 0 atom stereocenters. The van der Waals surface area contributed by atoms with Gasteiger partial charge in [0.1, 0.15) is 5.78 Å². The first-order valence-corrected chi connectivity index (χ1v) is 4.59. The van der Waals surface area contributed by atoms with E-state index in [4.69, 9.17) is 5.73 Å². The van der Waals surface area contributed by atoms with Crippen LogP contribution in [0.25, 0.3) is 0 Å². The van der Waals surface area contributed by atoms with Crippen molar-refractivity contribution in [3.8, 4) is 0 Å². The number of nitrogens with two attached hydrogens (primary N) is 1. The van der Waals surface area contributed by atoms with E-state index < -0.39 is 6.18 Å². The van der Waals surface area contributed by atoms with E-state index in [0.717, 1.165) is 5.56 Å². The molecule has 0 aliphatic heterocycles. The van der Waals surface area contributed by atoms with Gasteiger partial charge in [0.2, 0.25) is 0 Å². The predicted octanol–water partition coefficient (Wildman–Crippen LogP) is 2.97. The van der Waals surface area contributed by atoms with Crippen LogP contribution in [0.15, 0.2) is 24.3 Å². The zero-order valence-corrected chi connectivity index (χ0v) is 9.14. The summed E-state index contributed by atoms with van der Waals surface area (Å²) in [5.41, 5.74) is 7.22. The average Bonchev–Trinajstić information content (AvgIpc) is 1.98. The standard InChI is InChI=1S/C9H11NO.C2H3F3/c1-7(11)5-8-3-2-4-9(10)6-8;1-2(3,4)5/h2-4,6H,5,10H2,1H3;1H3. The van der Waals surface area contributed by atoms with Crippen molar-refractivity contribution in [2.75, 3.05) is 5.73 Å². The molecule has 1 aromatic rings. The molecule has 1 rings (SSSR count). The van der Waals surface area contributed by atoms with Gasteiger partial charge in [-0.2, -0.15) is 13.2 Å². The Morgan fingerprint density at radius 1 is 1.38 bits per heavy atom. The fraction of sp³-hybridized carbons (Fsp3) is 0.364. The van der Waals surface area contributed by atoms with Crippen molar-refractivity contribution in [2.45, 2.75) is 26.4 Å². The molecular formula is C11H14F3NO. The first-order chi connectivity index (χ1) is 7.18. The van der Waals surface area contributed by atoms with E-state index in [-0.39, 0.29) is 12.7 Å². The maximum Gasteiger partial charge on any atom is 0.386 e. The van der Waals surface area contributed by atoms with Crippen molar-refractivity contribution in [1.82, 2.24) is 0 Å². The third-order valence-electron chi connectivity index (χ3n) is 1.40. The molecule has 0 bridgehead atoms. The van der Waals surface area contributed by atoms with Crippen LogP contribution in [0.3, 0.4) is 0 Å². The number of benzene rings is 1. The molecule has 0 aliphatic carbocycles. The molecule has 0 fully saturated rings. The number of hydrogen-bond acceptors (Lipinski definition) is 2. The molecule has 90 valence electrons. The first kappa shape index (κ1) is 14.5. The average molecular weight is 233 g/mol. The summed E-state index contributed by atoms with van der Waals surface area (Å²) in [5.74, 6) is 0.163. The Balaban J connectivity index is 0.000000385. The number of ketones is 1. The van der Waals surface area contributed by atoms with Crippen LogP contribution in [-0.4, -0.2) is 12.0 Å². The van der Waals surface area contributed by atoms with E-state index in [1.165, 1.54) is 0 Å². The lowest BCUT2D eigenvalue weighted by atomic mass is 10.1. The topological polar surface area (TPSA) is 43.1 Å². The minimum atomic E-state index is -4.00. The molecule has 0 aliphatic rings.